The van der Waals surface area contributed by atoms with Gasteiger partial charge in [0, 0.05) is 12.4 Å². The molecule has 0 unspecified atom stereocenters. The molecule has 0 spiro atoms. The smallest absolute Gasteiger partial charge is 0.139 e. The number of alkyl halides is 1. The minimum atomic E-state index is -0.321. The highest BCUT2D eigenvalue weighted by atomic mass is 35.5. The lowest BCUT2D eigenvalue weighted by Crippen LogP contribution is -1.93. The van der Waals surface area contributed by atoms with Crippen LogP contribution in [0.5, 0.6) is 0 Å². The van der Waals surface area contributed by atoms with E-state index in [2.05, 4.69) is 9.97 Å². The van der Waals surface area contributed by atoms with Crippen LogP contribution in [0.4, 0.5) is 4.39 Å². The van der Waals surface area contributed by atoms with Crippen LogP contribution in [0.1, 0.15) is 5.69 Å². The molecular weight excluding hydrogens is 253 g/mol. The second-order valence-corrected chi connectivity index (χ2v) is 4.10. The van der Waals surface area contributed by atoms with Gasteiger partial charge in [-0.25, -0.2) is 9.37 Å². The molecule has 5 heteroatoms. The van der Waals surface area contributed by atoms with Gasteiger partial charge in [-0.3, -0.25) is 9.38 Å². The van der Waals surface area contributed by atoms with Gasteiger partial charge in [0.1, 0.15) is 17.2 Å². The molecule has 18 heavy (non-hydrogen) atoms. The Morgan fingerprint density at radius 2 is 2.11 bits per heavy atom. The predicted molar refractivity (Wildman–Crippen MR) is 67.9 cm³/mol. The monoisotopic (exact) mass is 261 g/mol. The Kier molecular flexibility index (Phi) is 2.72. The maximum absolute atomic E-state index is 13.3. The molecule has 0 bridgehead atoms. The number of imidazole rings is 1. The number of pyridine rings is 2. The molecular formula is C13H9ClFN3. The first-order valence-corrected chi connectivity index (χ1v) is 5.97. The summed E-state index contributed by atoms with van der Waals surface area (Å²) >= 11 is 5.94. The van der Waals surface area contributed by atoms with Crippen LogP contribution >= 0.6 is 11.6 Å². The highest BCUT2D eigenvalue weighted by Gasteiger charge is 2.14. The average Bonchev–Trinajstić information content (AvgIpc) is 2.77. The fourth-order valence-corrected chi connectivity index (χ4v) is 2.16. The lowest BCUT2D eigenvalue weighted by molar-refractivity contribution is 0.618. The molecule has 0 amide bonds. The van der Waals surface area contributed by atoms with E-state index in [1.54, 1.807) is 16.7 Å². The topological polar surface area (TPSA) is 30.2 Å². The summed E-state index contributed by atoms with van der Waals surface area (Å²) in [6.45, 7) is 0. The molecule has 0 aliphatic heterocycles. The van der Waals surface area contributed by atoms with Gasteiger partial charge < -0.3 is 0 Å². The molecule has 0 aliphatic rings. The normalized spacial score (nSPS) is 11.0. The summed E-state index contributed by atoms with van der Waals surface area (Å²) in [6, 6.07) is 8.57. The summed E-state index contributed by atoms with van der Waals surface area (Å²) in [5, 5.41) is 0. The second kappa shape index (κ2) is 4.38. The molecule has 0 saturated carbocycles. The van der Waals surface area contributed by atoms with E-state index in [1.165, 1.54) is 12.3 Å². The fourth-order valence-electron chi connectivity index (χ4n) is 1.90. The van der Waals surface area contributed by atoms with Crippen molar-refractivity contribution in [3.05, 3.63) is 54.2 Å². The summed E-state index contributed by atoms with van der Waals surface area (Å²) in [5.74, 6) is -0.0740. The molecule has 0 aliphatic carbocycles. The van der Waals surface area contributed by atoms with Crippen molar-refractivity contribution >= 4 is 17.2 Å². The van der Waals surface area contributed by atoms with Gasteiger partial charge in [-0.05, 0) is 24.3 Å². The first kappa shape index (κ1) is 11.2. The molecule has 3 aromatic heterocycles. The van der Waals surface area contributed by atoms with Gasteiger partial charge >= 0.3 is 0 Å². The van der Waals surface area contributed by atoms with Crippen LogP contribution in [0.3, 0.4) is 0 Å². The number of aromatic nitrogens is 3. The Balaban J connectivity index is 2.30. The highest BCUT2D eigenvalue weighted by Crippen LogP contribution is 2.24. The van der Waals surface area contributed by atoms with Crippen LogP contribution in [0, 0.1) is 5.82 Å². The van der Waals surface area contributed by atoms with Crippen molar-refractivity contribution in [2.45, 2.75) is 5.88 Å². The highest BCUT2D eigenvalue weighted by molar-refractivity contribution is 6.17. The van der Waals surface area contributed by atoms with Crippen molar-refractivity contribution in [1.29, 1.82) is 0 Å². The van der Waals surface area contributed by atoms with E-state index in [9.17, 15) is 4.39 Å². The quantitative estimate of drug-likeness (QED) is 0.663. The third-order valence-electron chi connectivity index (χ3n) is 2.72. The van der Waals surface area contributed by atoms with Crippen LogP contribution in [0.25, 0.3) is 17.0 Å². The first-order chi connectivity index (χ1) is 8.79. The molecule has 0 atom stereocenters. The van der Waals surface area contributed by atoms with Gasteiger partial charge in [-0.15, -0.1) is 11.6 Å². The Morgan fingerprint density at radius 3 is 2.83 bits per heavy atom. The number of nitrogens with zero attached hydrogens (tertiary/aromatic N) is 3. The van der Waals surface area contributed by atoms with Gasteiger partial charge in [-0.1, -0.05) is 6.07 Å². The minimum absolute atomic E-state index is 0.247. The molecule has 3 nitrogen and oxygen atoms in total. The van der Waals surface area contributed by atoms with E-state index in [0.29, 0.717) is 11.3 Å². The zero-order chi connectivity index (χ0) is 12.5. The third kappa shape index (κ3) is 1.75. The van der Waals surface area contributed by atoms with E-state index >= 15 is 0 Å². The van der Waals surface area contributed by atoms with Gasteiger partial charge in [-0.2, -0.15) is 0 Å². The maximum atomic E-state index is 13.3. The Labute approximate surface area is 108 Å². The largest absolute Gasteiger partial charge is 0.299 e. The minimum Gasteiger partial charge on any atom is -0.299 e. The van der Waals surface area contributed by atoms with Crippen LogP contribution in [-0.4, -0.2) is 14.4 Å². The maximum Gasteiger partial charge on any atom is 0.139 e. The molecule has 0 aromatic carbocycles. The second-order valence-electron chi connectivity index (χ2n) is 3.83. The summed E-state index contributed by atoms with van der Waals surface area (Å²) in [7, 11) is 0. The summed E-state index contributed by atoms with van der Waals surface area (Å²) in [6.07, 6.45) is 3.07. The zero-order valence-electron chi connectivity index (χ0n) is 9.35. The zero-order valence-corrected chi connectivity index (χ0v) is 10.1. The standard InChI is InChI=1S/C13H9ClFN3/c14-7-11-13(10-3-1-2-6-16-10)17-12-5-4-9(15)8-18(11)12/h1-6,8H,7H2. The number of hydrogen-bond acceptors (Lipinski definition) is 2. The van der Waals surface area contributed by atoms with E-state index in [4.69, 9.17) is 11.6 Å². The predicted octanol–water partition coefficient (Wildman–Crippen LogP) is 3.27. The SMILES string of the molecule is Fc1ccc2nc(-c3ccccn3)c(CCl)n2c1. The van der Waals surface area contributed by atoms with E-state index in [1.807, 2.05) is 18.2 Å². The van der Waals surface area contributed by atoms with Crippen LogP contribution in [-0.2, 0) is 5.88 Å². The summed E-state index contributed by atoms with van der Waals surface area (Å²) < 4.78 is 14.9. The van der Waals surface area contributed by atoms with Crippen LogP contribution in [0.2, 0.25) is 0 Å². The fraction of sp³-hybridized carbons (Fsp3) is 0.0769. The Bertz CT molecular complexity index is 694. The molecule has 0 N–H and O–H groups in total. The Hall–Kier alpha value is -1.94. The molecule has 0 fully saturated rings. The van der Waals surface area contributed by atoms with Crippen LogP contribution in [0.15, 0.2) is 42.7 Å². The number of halogens is 2. The first-order valence-electron chi connectivity index (χ1n) is 5.43. The van der Waals surface area contributed by atoms with Crippen molar-refractivity contribution in [2.75, 3.05) is 0 Å². The molecule has 3 rings (SSSR count). The van der Waals surface area contributed by atoms with E-state index < -0.39 is 0 Å². The van der Waals surface area contributed by atoms with Crippen molar-refractivity contribution in [2.24, 2.45) is 0 Å². The van der Waals surface area contributed by atoms with Crippen LogP contribution < -0.4 is 0 Å². The van der Waals surface area contributed by atoms with E-state index in [-0.39, 0.29) is 11.7 Å². The number of hydrogen-bond donors (Lipinski definition) is 0. The molecule has 90 valence electrons. The van der Waals surface area contributed by atoms with E-state index in [0.717, 1.165) is 11.4 Å². The molecule has 3 aromatic rings. The Morgan fingerprint density at radius 1 is 1.22 bits per heavy atom. The third-order valence-corrected chi connectivity index (χ3v) is 2.97. The molecule has 0 saturated heterocycles. The lowest BCUT2D eigenvalue weighted by Gasteiger charge is -2.00. The van der Waals surface area contributed by atoms with Gasteiger partial charge in [0.05, 0.1) is 17.3 Å². The van der Waals surface area contributed by atoms with Gasteiger partial charge in [0.2, 0.25) is 0 Å². The number of rotatable bonds is 2. The van der Waals surface area contributed by atoms with Crippen molar-refractivity contribution in [1.82, 2.24) is 14.4 Å². The molecule has 3 heterocycles. The van der Waals surface area contributed by atoms with Crippen molar-refractivity contribution < 1.29 is 4.39 Å². The summed E-state index contributed by atoms with van der Waals surface area (Å²) in [5.41, 5.74) is 2.83. The number of fused-ring (bicyclic) bond motifs is 1. The lowest BCUT2D eigenvalue weighted by atomic mass is 10.2. The van der Waals surface area contributed by atoms with Gasteiger partial charge in [0.15, 0.2) is 0 Å². The molecule has 0 radical (unpaired) electrons. The van der Waals surface area contributed by atoms with Crippen molar-refractivity contribution in [3.63, 3.8) is 0 Å². The average molecular weight is 262 g/mol. The summed E-state index contributed by atoms with van der Waals surface area (Å²) in [4.78, 5) is 8.69. The van der Waals surface area contributed by atoms with Gasteiger partial charge in [0.25, 0.3) is 0 Å². The van der Waals surface area contributed by atoms with Crippen molar-refractivity contribution in [3.8, 4) is 11.4 Å².